The third kappa shape index (κ3) is 2.72. The van der Waals surface area contributed by atoms with Gasteiger partial charge in [0.05, 0.1) is 5.69 Å². The lowest BCUT2D eigenvalue weighted by molar-refractivity contribution is 0.643. The predicted octanol–water partition coefficient (Wildman–Crippen LogP) is 4.53. The summed E-state index contributed by atoms with van der Waals surface area (Å²) in [7, 11) is 0. The minimum atomic E-state index is 0.478. The van der Waals surface area contributed by atoms with E-state index in [1.54, 1.807) is 4.57 Å². The fraction of sp³-hybridized carbons (Fsp3) is 0.267. The second kappa shape index (κ2) is 6.12. The number of H-pyrrole nitrogens is 1. The average molecular weight is 301 g/mol. The molecule has 0 spiro atoms. The lowest BCUT2D eigenvalue weighted by Gasteiger charge is -2.11. The zero-order valence-electron chi connectivity index (χ0n) is 11.4. The molecule has 3 nitrogen and oxygen atoms in total. The summed E-state index contributed by atoms with van der Waals surface area (Å²) in [5.74, 6) is 0. The van der Waals surface area contributed by atoms with Gasteiger partial charge >= 0.3 is 0 Å². The molecule has 0 saturated heterocycles. The molecular weight excluding hydrogens is 286 g/mol. The number of nitriles is 1. The summed E-state index contributed by atoms with van der Waals surface area (Å²) in [5, 5.41) is 9.41. The molecule has 20 heavy (non-hydrogen) atoms. The van der Waals surface area contributed by atoms with Gasteiger partial charge in [-0.05, 0) is 31.1 Å². The van der Waals surface area contributed by atoms with Crippen LogP contribution in [-0.2, 0) is 6.54 Å². The first-order chi connectivity index (χ1) is 9.58. The molecule has 1 heterocycles. The molecular formula is C15H15N3S2. The van der Waals surface area contributed by atoms with Crippen LogP contribution in [0.1, 0.15) is 24.5 Å². The highest BCUT2D eigenvalue weighted by Gasteiger charge is 2.10. The molecule has 0 aliphatic heterocycles. The van der Waals surface area contributed by atoms with Gasteiger partial charge in [0, 0.05) is 6.54 Å². The highest BCUT2D eigenvalue weighted by molar-refractivity contribution is 7.72. The maximum absolute atomic E-state index is 9.41. The van der Waals surface area contributed by atoms with E-state index in [4.69, 9.17) is 24.4 Å². The molecule has 0 amide bonds. The van der Waals surface area contributed by atoms with Gasteiger partial charge in [-0.2, -0.15) is 5.26 Å². The number of rotatable bonds is 3. The van der Waals surface area contributed by atoms with Crippen LogP contribution < -0.4 is 0 Å². The largest absolute Gasteiger partial charge is 0.331 e. The number of aryl methyl sites for hydroxylation is 1. The molecule has 5 heteroatoms. The van der Waals surface area contributed by atoms with Crippen molar-refractivity contribution in [3.63, 3.8) is 0 Å². The van der Waals surface area contributed by atoms with E-state index >= 15 is 0 Å². The SMILES string of the molecule is CCCn1c(=S)[nH]c(-c2ccc(C)cc2)c(C#N)c1=S. The van der Waals surface area contributed by atoms with Crippen molar-refractivity contribution in [1.29, 1.82) is 5.26 Å². The van der Waals surface area contributed by atoms with E-state index in [2.05, 4.69) is 18.0 Å². The number of aromatic amines is 1. The van der Waals surface area contributed by atoms with Crippen LogP contribution in [0.5, 0.6) is 0 Å². The molecule has 0 bridgehead atoms. The summed E-state index contributed by atoms with van der Waals surface area (Å²) in [4.78, 5) is 3.15. The molecule has 0 atom stereocenters. The smallest absolute Gasteiger partial charge is 0.178 e. The van der Waals surface area contributed by atoms with Crippen molar-refractivity contribution in [3.8, 4) is 17.3 Å². The maximum atomic E-state index is 9.41. The van der Waals surface area contributed by atoms with Gasteiger partial charge in [0.25, 0.3) is 0 Å². The van der Waals surface area contributed by atoms with Crippen molar-refractivity contribution < 1.29 is 0 Å². The monoisotopic (exact) mass is 301 g/mol. The van der Waals surface area contributed by atoms with Crippen LogP contribution in [0, 0.1) is 27.7 Å². The van der Waals surface area contributed by atoms with Crippen LogP contribution >= 0.6 is 24.4 Å². The van der Waals surface area contributed by atoms with E-state index in [0.29, 0.717) is 20.7 Å². The number of benzene rings is 1. The highest BCUT2D eigenvalue weighted by Crippen LogP contribution is 2.22. The summed E-state index contributed by atoms with van der Waals surface area (Å²) >= 11 is 10.8. The molecule has 0 unspecified atom stereocenters. The number of hydrogen-bond acceptors (Lipinski definition) is 3. The van der Waals surface area contributed by atoms with Gasteiger partial charge in [-0.1, -0.05) is 49.0 Å². The summed E-state index contributed by atoms with van der Waals surface area (Å²) < 4.78 is 2.88. The molecule has 0 radical (unpaired) electrons. The van der Waals surface area contributed by atoms with Crippen molar-refractivity contribution in [3.05, 3.63) is 44.8 Å². The fourth-order valence-corrected chi connectivity index (χ4v) is 2.71. The maximum Gasteiger partial charge on any atom is 0.178 e. The van der Waals surface area contributed by atoms with E-state index in [0.717, 1.165) is 18.5 Å². The van der Waals surface area contributed by atoms with Crippen LogP contribution in [-0.4, -0.2) is 9.55 Å². The van der Waals surface area contributed by atoms with Crippen LogP contribution in [0.25, 0.3) is 11.3 Å². The predicted molar refractivity (Wildman–Crippen MR) is 85.6 cm³/mol. The Hall–Kier alpha value is -1.77. The molecule has 1 N–H and O–H groups in total. The minimum Gasteiger partial charge on any atom is -0.331 e. The molecule has 2 rings (SSSR count). The summed E-state index contributed by atoms with van der Waals surface area (Å²) in [6.45, 7) is 4.80. The summed E-state index contributed by atoms with van der Waals surface area (Å²) in [5.41, 5.74) is 3.27. The Bertz CT molecular complexity index is 777. The lowest BCUT2D eigenvalue weighted by Crippen LogP contribution is -2.07. The minimum absolute atomic E-state index is 0.478. The van der Waals surface area contributed by atoms with Crippen molar-refractivity contribution in [2.24, 2.45) is 0 Å². The Morgan fingerprint density at radius 2 is 1.90 bits per heavy atom. The van der Waals surface area contributed by atoms with Gasteiger partial charge in [0.15, 0.2) is 4.77 Å². The molecule has 1 aromatic heterocycles. The van der Waals surface area contributed by atoms with Crippen LogP contribution in [0.2, 0.25) is 0 Å². The highest BCUT2D eigenvalue weighted by atomic mass is 32.1. The van der Waals surface area contributed by atoms with Gasteiger partial charge < -0.3 is 9.55 Å². The third-order valence-corrected chi connectivity index (χ3v) is 3.83. The molecule has 1 aromatic carbocycles. The molecule has 2 aromatic rings. The van der Waals surface area contributed by atoms with Crippen LogP contribution in [0.4, 0.5) is 0 Å². The van der Waals surface area contributed by atoms with Crippen molar-refractivity contribution >= 4 is 24.4 Å². The van der Waals surface area contributed by atoms with Crippen molar-refractivity contribution in [2.45, 2.75) is 26.8 Å². The molecule has 0 aliphatic carbocycles. The van der Waals surface area contributed by atoms with E-state index in [9.17, 15) is 5.26 Å². The topological polar surface area (TPSA) is 44.5 Å². The summed E-state index contributed by atoms with van der Waals surface area (Å²) in [6, 6.07) is 10.1. The van der Waals surface area contributed by atoms with E-state index in [-0.39, 0.29) is 0 Å². The van der Waals surface area contributed by atoms with Crippen molar-refractivity contribution in [1.82, 2.24) is 9.55 Å². The van der Waals surface area contributed by atoms with E-state index < -0.39 is 0 Å². The standard InChI is InChI=1S/C15H15N3S2/c1-3-8-18-14(19)12(9-16)13(17-15(18)20)11-6-4-10(2)5-7-11/h4-7H,3,8H2,1-2H3,(H,17,20). The zero-order valence-corrected chi connectivity index (χ0v) is 13.1. The van der Waals surface area contributed by atoms with Gasteiger partial charge in [-0.25, -0.2) is 0 Å². The lowest BCUT2D eigenvalue weighted by atomic mass is 10.1. The first-order valence-corrected chi connectivity index (χ1v) is 7.24. The van der Waals surface area contributed by atoms with Gasteiger partial charge in [0.1, 0.15) is 16.3 Å². The summed E-state index contributed by atoms with van der Waals surface area (Å²) in [6.07, 6.45) is 0.917. The zero-order chi connectivity index (χ0) is 14.7. The Labute approximate surface area is 128 Å². The second-order valence-corrected chi connectivity index (χ2v) is 5.39. The number of nitrogens with one attached hydrogen (secondary N) is 1. The number of hydrogen-bond donors (Lipinski definition) is 1. The third-order valence-electron chi connectivity index (χ3n) is 3.09. The Morgan fingerprint density at radius 1 is 1.25 bits per heavy atom. The number of nitrogens with zero attached hydrogens (tertiary/aromatic N) is 2. The van der Waals surface area contributed by atoms with Gasteiger partial charge in [-0.15, -0.1) is 0 Å². The average Bonchev–Trinajstić information content (AvgIpc) is 2.44. The van der Waals surface area contributed by atoms with Crippen LogP contribution in [0.15, 0.2) is 24.3 Å². The van der Waals surface area contributed by atoms with E-state index in [1.165, 1.54) is 5.56 Å². The van der Waals surface area contributed by atoms with Gasteiger partial charge in [0.2, 0.25) is 0 Å². The van der Waals surface area contributed by atoms with E-state index in [1.807, 2.05) is 31.2 Å². The number of aromatic nitrogens is 2. The van der Waals surface area contributed by atoms with Gasteiger partial charge in [-0.3, -0.25) is 0 Å². The molecule has 0 saturated carbocycles. The molecule has 0 fully saturated rings. The van der Waals surface area contributed by atoms with Crippen molar-refractivity contribution in [2.75, 3.05) is 0 Å². The first kappa shape index (κ1) is 14.6. The molecule has 102 valence electrons. The normalized spacial score (nSPS) is 10.2. The fourth-order valence-electron chi connectivity index (χ4n) is 2.04. The quantitative estimate of drug-likeness (QED) is 0.847. The Morgan fingerprint density at radius 3 is 2.45 bits per heavy atom. The Balaban J connectivity index is 2.73. The van der Waals surface area contributed by atoms with Crippen LogP contribution in [0.3, 0.4) is 0 Å². The Kier molecular flexibility index (Phi) is 4.48. The first-order valence-electron chi connectivity index (χ1n) is 6.42. The molecule has 0 aliphatic rings. The second-order valence-electron chi connectivity index (χ2n) is 4.61.